The standard InChI is InChI=1S/C17H20FNO2S/c1-12-9-10-13(22-12)5-4-8-17(21)19-11-16(20)14-6-2-3-7-15(14)18/h2-3,6-7,9-10,16,20H,4-5,8,11H2,1H3,(H,19,21). The molecule has 0 saturated carbocycles. The van der Waals surface area contributed by atoms with E-state index in [0.717, 1.165) is 12.8 Å². The van der Waals surface area contributed by atoms with E-state index in [4.69, 9.17) is 0 Å². The van der Waals surface area contributed by atoms with Crippen LogP contribution in [0.1, 0.15) is 34.3 Å². The van der Waals surface area contributed by atoms with Crippen molar-refractivity contribution in [3.63, 3.8) is 0 Å². The Balaban J connectivity index is 1.70. The van der Waals surface area contributed by atoms with Crippen molar-refractivity contribution in [3.8, 4) is 0 Å². The number of rotatable bonds is 7. The van der Waals surface area contributed by atoms with E-state index in [1.54, 1.807) is 23.5 Å². The Morgan fingerprint density at radius 1 is 1.32 bits per heavy atom. The van der Waals surface area contributed by atoms with Gasteiger partial charge >= 0.3 is 0 Å². The van der Waals surface area contributed by atoms with Gasteiger partial charge in [0.1, 0.15) is 5.82 Å². The number of benzene rings is 1. The van der Waals surface area contributed by atoms with Crippen molar-refractivity contribution in [1.29, 1.82) is 0 Å². The summed E-state index contributed by atoms with van der Waals surface area (Å²) in [5.74, 6) is -0.582. The largest absolute Gasteiger partial charge is 0.386 e. The van der Waals surface area contributed by atoms with Crippen LogP contribution in [0, 0.1) is 12.7 Å². The number of amides is 1. The fraction of sp³-hybridized carbons (Fsp3) is 0.353. The molecule has 0 aliphatic carbocycles. The van der Waals surface area contributed by atoms with Crippen molar-refractivity contribution < 1.29 is 14.3 Å². The highest BCUT2D eigenvalue weighted by Gasteiger charge is 2.13. The van der Waals surface area contributed by atoms with Gasteiger partial charge in [-0.25, -0.2) is 4.39 Å². The minimum atomic E-state index is -1.02. The van der Waals surface area contributed by atoms with Gasteiger partial charge in [0.2, 0.25) is 5.91 Å². The topological polar surface area (TPSA) is 49.3 Å². The maximum Gasteiger partial charge on any atom is 0.220 e. The van der Waals surface area contributed by atoms with Gasteiger partial charge in [0.25, 0.3) is 0 Å². The molecule has 2 N–H and O–H groups in total. The molecule has 0 bridgehead atoms. The summed E-state index contributed by atoms with van der Waals surface area (Å²) in [5.41, 5.74) is 0.205. The zero-order chi connectivity index (χ0) is 15.9. The first kappa shape index (κ1) is 16.6. The Labute approximate surface area is 133 Å². The molecule has 0 aliphatic rings. The van der Waals surface area contributed by atoms with Crippen molar-refractivity contribution in [2.45, 2.75) is 32.3 Å². The molecule has 5 heteroatoms. The number of aliphatic hydroxyl groups excluding tert-OH is 1. The van der Waals surface area contributed by atoms with E-state index in [9.17, 15) is 14.3 Å². The van der Waals surface area contributed by atoms with Gasteiger partial charge in [0.05, 0.1) is 6.10 Å². The molecule has 1 heterocycles. The fourth-order valence-corrected chi connectivity index (χ4v) is 3.13. The molecule has 0 radical (unpaired) electrons. The number of carbonyl (C=O) groups excluding carboxylic acids is 1. The van der Waals surface area contributed by atoms with Crippen LogP contribution < -0.4 is 5.32 Å². The molecule has 2 aromatic rings. The molecule has 0 fully saturated rings. The molecule has 1 amide bonds. The Kier molecular flexibility index (Phi) is 6.10. The zero-order valence-corrected chi connectivity index (χ0v) is 13.3. The predicted octanol–water partition coefficient (Wildman–Crippen LogP) is 3.37. The molecule has 0 saturated heterocycles. The fourth-order valence-electron chi connectivity index (χ4n) is 2.20. The lowest BCUT2D eigenvalue weighted by Crippen LogP contribution is -2.28. The Morgan fingerprint density at radius 2 is 2.09 bits per heavy atom. The van der Waals surface area contributed by atoms with E-state index >= 15 is 0 Å². The summed E-state index contributed by atoms with van der Waals surface area (Å²) in [6.45, 7) is 2.09. The second-order valence-electron chi connectivity index (χ2n) is 5.21. The number of halogens is 1. The molecule has 1 unspecified atom stereocenters. The molecule has 118 valence electrons. The van der Waals surface area contributed by atoms with E-state index in [1.807, 2.05) is 0 Å². The lowest BCUT2D eigenvalue weighted by Gasteiger charge is -2.13. The summed E-state index contributed by atoms with van der Waals surface area (Å²) < 4.78 is 13.5. The summed E-state index contributed by atoms with van der Waals surface area (Å²) in [7, 11) is 0. The molecular formula is C17H20FNO2S. The molecule has 1 aromatic heterocycles. The summed E-state index contributed by atoms with van der Waals surface area (Å²) in [6.07, 6.45) is 1.02. The summed E-state index contributed by atoms with van der Waals surface area (Å²) >= 11 is 1.74. The van der Waals surface area contributed by atoms with Gasteiger partial charge in [-0.15, -0.1) is 11.3 Å². The number of hydrogen-bond acceptors (Lipinski definition) is 3. The Bertz CT molecular complexity index is 627. The van der Waals surface area contributed by atoms with Crippen molar-refractivity contribution >= 4 is 17.2 Å². The van der Waals surface area contributed by atoms with Gasteiger partial charge in [0, 0.05) is 28.3 Å². The number of hydrogen-bond donors (Lipinski definition) is 2. The Morgan fingerprint density at radius 3 is 2.77 bits per heavy atom. The van der Waals surface area contributed by atoms with Gasteiger partial charge in [-0.3, -0.25) is 4.79 Å². The zero-order valence-electron chi connectivity index (χ0n) is 12.5. The lowest BCUT2D eigenvalue weighted by molar-refractivity contribution is -0.121. The minimum Gasteiger partial charge on any atom is -0.386 e. The van der Waals surface area contributed by atoms with Crippen molar-refractivity contribution in [1.82, 2.24) is 5.32 Å². The highest BCUT2D eigenvalue weighted by Crippen LogP contribution is 2.18. The number of aliphatic hydroxyl groups is 1. The van der Waals surface area contributed by atoms with Gasteiger partial charge in [0.15, 0.2) is 0 Å². The normalized spacial score (nSPS) is 12.1. The van der Waals surface area contributed by atoms with Crippen LogP contribution in [0.15, 0.2) is 36.4 Å². The minimum absolute atomic E-state index is 0.0257. The third-order valence-corrected chi connectivity index (χ3v) is 4.44. The van der Waals surface area contributed by atoms with Gasteiger partial charge in [-0.2, -0.15) is 0 Å². The molecular weight excluding hydrogens is 301 g/mol. The molecule has 3 nitrogen and oxygen atoms in total. The quantitative estimate of drug-likeness (QED) is 0.821. The molecule has 0 aliphatic heterocycles. The van der Waals surface area contributed by atoms with Crippen LogP contribution >= 0.6 is 11.3 Å². The third-order valence-electron chi connectivity index (χ3n) is 3.38. The number of carbonyl (C=O) groups is 1. The van der Waals surface area contributed by atoms with Crippen LogP contribution in [0.4, 0.5) is 4.39 Å². The van der Waals surface area contributed by atoms with Gasteiger partial charge in [-0.1, -0.05) is 18.2 Å². The highest BCUT2D eigenvalue weighted by molar-refractivity contribution is 7.11. The van der Waals surface area contributed by atoms with Crippen LogP contribution in [-0.4, -0.2) is 17.6 Å². The van der Waals surface area contributed by atoms with Crippen LogP contribution in [0.5, 0.6) is 0 Å². The molecule has 1 atom stereocenters. The third kappa shape index (κ3) is 4.93. The number of nitrogens with one attached hydrogen (secondary N) is 1. The van der Waals surface area contributed by atoms with E-state index in [-0.39, 0.29) is 18.0 Å². The first-order valence-corrected chi connectivity index (χ1v) is 8.12. The SMILES string of the molecule is Cc1ccc(CCCC(=O)NCC(O)c2ccccc2F)s1. The smallest absolute Gasteiger partial charge is 0.220 e. The van der Waals surface area contributed by atoms with Gasteiger partial charge in [-0.05, 0) is 38.0 Å². The van der Waals surface area contributed by atoms with Crippen molar-refractivity contribution in [2.24, 2.45) is 0 Å². The summed E-state index contributed by atoms with van der Waals surface area (Å²) in [6, 6.07) is 10.2. The van der Waals surface area contributed by atoms with Gasteiger partial charge < -0.3 is 10.4 Å². The van der Waals surface area contributed by atoms with Crippen LogP contribution in [-0.2, 0) is 11.2 Å². The predicted molar refractivity (Wildman–Crippen MR) is 86.4 cm³/mol. The average molecular weight is 321 g/mol. The first-order valence-electron chi connectivity index (χ1n) is 7.31. The summed E-state index contributed by atoms with van der Waals surface area (Å²) in [4.78, 5) is 14.3. The van der Waals surface area contributed by atoms with E-state index in [1.165, 1.54) is 21.9 Å². The monoisotopic (exact) mass is 321 g/mol. The first-order chi connectivity index (χ1) is 10.6. The Hall–Kier alpha value is -1.72. The maximum absolute atomic E-state index is 13.5. The van der Waals surface area contributed by atoms with Crippen LogP contribution in [0.25, 0.3) is 0 Å². The second-order valence-corrected chi connectivity index (χ2v) is 6.58. The molecule has 0 spiro atoms. The average Bonchev–Trinajstić information content (AvgIpc) is 2.91. The van der Waals surface area contributed by atoms with Crippen LogP contribution in [0.3, 0.4) is 0 Å². The van der Waals surface area contributed by atoms with Crippen molar-refractivity contribution in [3.05, 3.63) is 57.5 Å². The number of thiophene rings is 1. The maximum atomic E-state index is 13.5. The molecule has 2 rings (SSSR count). The summed E-state index contributed by atoms with van der Waals surface area (Å²) in [5, 5.41) is 12.6. The lowest BCUT2D eigenvalue weighted by atomic mass is 10.1. The number of aryl methyl sites for hydroxylation is 2. The highest BCUT2D eigenvalue weighted by atomic mass is 32.1. The molecule has 1 aromatic carbocycles. The second kappa shape index (κ2) is 8.06. The molecule has 22 heavy (non-hydrogen) atoms. The van der Waals surface area contributed by atoms with E-state index in [0.29, 0.717) is 6.42 Å². The van der Waals surface area contributed by atoms with Crippen molar-refractivity contribution in [2.75, 3.05) is 6.54 Å². The van der Waals surface area contributed by atoms with E-state index < -0.39 is 11.9 Å². The van der Waals surface area contributed by atoms with E-state index in [2.05, 4.69) is 24.4 Å². The van der Waals surface area contributed by atoms with Crippen LogP contribution in [0.2, 0.25) is 0 Å².